The zero-order chi connectivity index (χ0) is 21.1. The molecule has 152 valence electrons. The van der Waals surface area contributed by atoms with Gasteiger partial charge < -0.3 is 9.84 Å². The maximum atomic E-state index is 12.3. The zero-order valence-corrected chi connectivity index (χ0v) is 17.1. The van der Waals surface area contributed by atoms with Crippen LogP contribution in [0.4, 0.5) is 5.69 Å². The van der Waals surface area contributed by atoms with Crippen LogP contribution in [0.1, 0.15) is 31.4 Å². The van der Waals surface area contributed by atoms with Gasteiger partial charge in [-0.1, -0.05) is 50.2 Å². The number of aliphatic hydroxyl groups is 1. The van der Waals surface area contributed by atoms with E-state index in [4.69, 9.17) is 10.00 Å². The normalized spacial score (nSPS) is 15.3. The summed E-state index contributed by atoms with van der Waals surface area (Å²) in [6.45, 7) is 4.27. The summed E-state index contributed by atoms with van der Waals surface area (Å²) in [6.07, 6.45) is 2.13. The minimum Gasteiger partial charge on any atom is -0.493 e. The predicted molar refractivity (Wildman–Crippen MR) is 110 cm³/mol. The molecule has 2 aromatic rings. The van der Waals surface area contributed by atoms with E-state index in [1.54, 1.807) is 12.1 Å². The maximum Gasteiger partial charge on any atom is 0.330 e. The van der Waals surface area contributed by atoms with Crippen molar-refractivity contribution in [1.29, 1.82) is 5.26 Å². The number of hydrogen-bond acceptors (Lipinski definition) is 5. The van der Waals surface area contributed by atoms with E-state index in [1.807, 2.05) is 55.0 Å². The second kappa shape index (κ2) is 8.05. The SMILES string of the molecule is CC(C)(CC#N)Cc1ccc(N2C=C(O)NS2(=O)=O)c(OCc2ccccc2)c1. The number of nitrogens with one attached hydrogen (secondary N) is 1. The van der Waals surface area contributed by atoms with Crippen molar-refractivity contribution in [2.75, 3.05) is 4.31 Å². The molecule has 7 nitrogen and oxygen atoms in total. The molecule has 0 spiro atoms. The van der Waals surface area contributed by atoms with Gasteiger partial charge in [-0.05, 0) is 35.1 Å². The van der Waals surface area contributed by atoms with Crippen molar-refractivity contribution in [2.45, 2.75) is 33.3 Å². The number of ether oxygens (including phenoxy) is 1. The van der Waals surface area contributed by atoms with Gasteiger partial charge in [0.05, 0.1) is 12.3 Å². The highest BCUT2D eigenvalue weighted by Crippen LogP contribution is 2.36. The van der Waals surface area contributed by atoms with Crippen LogP contribution in [-0.4, -0.2) is 13.5 Å². The number of nitriles is 1. The molecule has 0 unspecified atom stereocenters. The monoisotopic (exact) mass is 413 g/mol. The Balaban J connectivity index is 1.95. The average molecular weight is 413 g/mol. The van der Waals surface area contributed by atoms with Gasteiger partial charge in [-0.3, -0.25) is 0 Å². The second-order valence-corrected chi connectivity index (χ2v) is 9.22. The Hall–Kier alpha value is -3.18. The lowest BCUT2D eigenvalue weighted by atomic mass is 9.83. The number of benzene rings is 2. The van der Waals surface area contributed by atoms with Gasteiger partial charge in [0.1, 0.15) is 18.0 Å². The maximum absolute atomic E-state index is 12.3. The summed E-state index contributed by atoms with van der Waals surface area (Å²) in [5, 5.41) is 18.6. The first-order valence-corrected chi connectivity index (χ1v) is 10.5. The van der Waals surface area contributed by atoms with Crippen molar-refractivity contribution >= 4 is 15.9 Å². The molecule has 0 saturated heterocycles. The van der Waals surface area contributed by atoms with Gasteiger partial charge in [-0.15, -0.1) is 0 Å². The summed E-state index contributed by atoms with van der Waals surface area (Å²) in [7, 11) is -3.93. The van der Waals surface area contributed by atoms with Gasteiger partial charge in [0.2, 0.25) is 5.88 Å². The number of nitrogens with zero attached hydrogens (tertiary/aromatic N) is 2. The molecular weight excluding hydrogens is 390 g/mol. The molecule has 0 amide bonds. The highest BCUT2D eigenvalue weighted by molar-refractivity contribution is 7.91. The Morgan fingerprint density at radius 2 is 1.90 bits per heavy atom. The third-order valence-electron chi connectivity index (χ3n) is 4.47. The molecule has 3 rings (SSSR count). The summed E-state index contributed by atoms with van der Waals surface area (Å²) < 4.78 is 33.6. The molecule has 8 heteroatoms. The highest BCUT2D eigenvalue weighted by atomic mass is 32.2. The van der Waals surface area contributed by atoms with Crippen LogP contribution in [0.2, 0.25) is 0 Å². The second-order valence-electron chi connectivity index (χ2n) is 7.67. The van der Waals surface area contributed by atoms with E-state index in [0.29, 0.717) is 24.3 Å². The first-order chi connectivity index (χ1) is 13.7. The van der Waals surface area contributed by atoms with E-state index >= 15 is 0 Å². The fourth-order valence-corrected chi connectivity index (χ4v) is 4.18. The summed E-state index contributed by atoms with van der Waals surface area (Å²) in [5.74, 6) is -0.0892. The Kier molecular flexibility index (Phi) is 5.71. The van der Waals surface area contributed by atoms with Crippen LogP contribution < -0.4 is 13.8 Å². The lowest BCUT2D eigenvalue weighted by Gasteiger charge is -2.23. The van der Waals surface area contributed by atoms with E-state index < -0.39 is 16.1 Å². The third-order valence-corrected chi connectivity index (χ3v) is 5.76. The highest BCUT2D eigenvalue weighted by Gasteiger charge is 2.31. The first kappa shape index (κ1) is 20.6. The van der Waals surface area contributed by atoms with Crippen molar-refractivity contribution in [1.82, 2.24) is 4.72 Å². The largest absolute Gasteiger partial charge is 0.493 e. The van der Waals surface area contributed by atoms with E-state index in [-0.39, 0.29) is 12.0 Å². The van der Waals surface area contributed by atoms with Gasteiger partial charge in [-0.25, -0.2) is 9.03 Å². The molecule has 0 saturated carbocycles. The molecular formula is C21H23N3O4S. The van der Waals surface area contributed by atoms with Crippen LogP contribution >= 0.6 is 0 Å². The van der Waals surface area contributed by atoms with Crippen molar-refractivity contribution < 1.29 is 18.3 Å². The van der Waals surface area contributed by atoms with Gasteiger partial charge in [-0.2, -0.15) is 13.7 Å². The predicted octanol–water partition coefficient (Wildman–Crippen LogP) is 3.76. The number of hydrogen-bond donors (Lipinski definition) is 2. The van der Waals surface area contributed by atoms with Crippen LogP contribution in [0.15, 0.2) is 60.6 Å². The van der Waals surface area contributed by atoms with Crippen LogP contribution in [-0.2, 0) is 23.2 Å². The van der Waals surface area contributed by atoms with Crippen molar-refractivity contribution in [3.63, 3.8) is 0 Å². The Morgan fingerprint density at radius 3 is 2.52 bits per heavy atom. The van der Waals surface area contributed by atoms with Gasteiger partial charge in [0.15, 0.2) is 0 Å². The van der Waals surface area contributed by atoms with Gasteiger partial charge in [0.25, 0.3) is 0 Å². The molecule has 0 aliphatic carbocycles. The zero-order valence-electron chi connectivity index (χ0n) is 16.3. The minimum absolute atomic E-state index is 0.230. The Labute approximate surface area is 171 Å². The Morgan fingerprint density at radius 1 is 1.17 bits per heavy atom. The molecule has 0 fully saturated rings. The number of aliphatic hydroxyl groups excluding tert-OH is 1. The molecule has 0 atom stereocenters. The lowest BCUT2D eigenvalue weighted by Crippen LogP contribution is -2.30. The molecule has 1 heterocycles. The summed E-state index contributed by atoms with van der Waals surface area (Å²) in [4.78, 5) is 0. The van der Waals surface area contributed by atoms with Gasteiger partial charge >= 0.3 is 10.2 Å². The van der Waals surface area contributed by atoms with Crippen molar-refractivity contribution in [3.05, 3.63) is 71.7 Å². The molecule has 1 aliphatic heterocycles. The van der Waals surface area contributed by atoms with E-state index in [1.165, 1.54) is 0 Å². The standard InChI is InChI=1S/C21H23N3O4S/c1-21(2,10-11-22)13-17-8-9-18(24-14-20(25)23-29(24,26)27)19(12-17)28-15-16-6-4-3-5-7-16/h3-9,12,14,23,25H,10,13,15H2,1-2H3. The smallest absolute Gasteiger partial charge is 0.330 e. The fraction of sp³-hybridized carbons (Fsp3) is 0.286. The van der Waals surface area contributed by atoms with Crippen LogP contribution in [0.5, 0.6) is 5.75 Å². The van der Waals surface area contributed by atoms with Crippen LogP contribution in [0.3, 0.4) is 0 Å². The summed E-state index contributed by atoms with van der Waals surface area (Å²) >= 11 is 0. The van der Waals surface area contributed by atoms with E-state index in [0.717, 1.165) is 21.6 Å². The quantitative estimate of drug-likeness (QED) is 0.719. The van der Waals surface area contributed by atoms with E-state index in [9.17, 15) is 13.5 Å². The van der Waals surface area contributed by atoms with Crippen LogP contribution in [0, 0.1) is 16.7 Å². The molecule has 0 aromatic heterocycles. The number of anilines is 1. The number of rotatable bonds is 7. The lowest BCUT2D eigenvalue weighted by molar-refractivity contribution is 0.306. The summed E-state index contributed by atoms with van der Waals surface area (Å²) in [6, 6.07) is 17.0. The van der Waals surface area contributed by atoms with E-state index in [2.05, 4.69) is 6.07 Å². The Bertz CT molecular complexity index is 1060. The molecule has 0 radical (unpaired) electrons. The van der Waals surface area contributed by atoms with Crippen molar-refractivity contribution in [2.24, 2.45) is 5.41 Å². The molecule has 0 bridgehead atoms. The molecule has 2 N–H and O–H groups in total. The topological polar surface area (TPSA) is 103 Å². The molecule has 29 heavy (non-hydrogen) atoms. The van der Waals surface area contributed by atoms with Gasteiger partial charge in [0, 0.05) is 6.42 Å². The van der Waals surface area contributed by atoms with Crippen molar-refractivity contribution in [3.8, 4) is 11.8 Å². The third kappa shape index (κ3) is 5.00. The molecule has 1 aliphatic rings. The fourth-order valence-electron chi connectivity index (χ4n) is 3.12. The molecule has 2 aromatic carbocycles. The van der Waals surface area contributed by atoms with Crippen LogP contribution in [0.25, 0.3) is 0 Å². The minimum atomic E-state index is -3.93. The first-order valence-electron chi connectivity index (χ1n) is 9.10. The average Bonchev–Trinajstić information content (AvgIpc) is 2.92. The summed E-state index contributed by atoms with van der Waals surface area (Å²) in [5.41, 5.74) is 1.93.